The number of nitrogens with zero attached hydrogens (tertiary/aromatic N) is 2. The Morgan fingerprint density at radius 2 is 2.05 bits per heavy atom. The van der Waals surface area contributed by atoms with Crippen LogP contribution in [0.15, 0.2) is 42.7 Å². The number of carbonyl (C=O) groups excluding carboxylic acids is 1. The van der Waals surface area contributed by atoms with Crippen molar-refractivity contribution in [3.05, 3.63) is 53.9 Å². The van der Waals surface area contributed by atoms with E-state index in [0.717, 1.165) is 0 Å². The van der Waals surface area contributed by atoms with Crippen LogP contribution in [0.3, 0.4) is 0 Å². The van der Waals surface area contributed by atoms with Crippen LogP contribution in [0.5, 0.6) is 0 Å². The van der Waals surface area contributed by atoms with Crippen molar-refractivity contribution in [1.29, 1.82) is 5.26 Å². The fraction of sp³-hybridized carbons (Fsp3) is 0. The van der Waals surface area contributed by atoms with Gasteiger partial charge >= 0.3 is 12.0 Å². The van der Waals surface area contributed by atoms with Gasteiger partial charge in [0.15, 0.2) is 0 Å². The second kappa shape index (κ2) is 6.16. The molecule has 0 aliphatic rings. The SMILES string of the molecule is N#Cc1cccc(NC(=O)Nc2cnccc2C(=O)O)c1. The maximum Gasteiger partial charge on any atom is 0.337 e. The van der Waals surface area contributed by atoms with Gasteiger partial charge in [0, 0.05) is 11.9 Å². The van der Waals surface area contributed by atoms with Crippen molar-refractivity contribution in [2.45, 2.75) is 0 Å². The predicted molar refractivity (Wildman–Crippen MR) is 75.0 cm³/mol. The number of rotatable bonds is 3. The van der Waals surface area contributed by atoms with E-state index in [-0.39, 0.29) is 11.3 Å². The van der Waals surface area contributed by atoms with Crippen LogP contribution in [0.25, 0.3) is 0 Å². The van der Waals surface area contributed by atoms with Crippen LogP contribution >= 0.6 is 0 Å². The Morgan fingerprint density at radius 1 is 1.24 bits per heavy atom. The molecule has 104 valence electrons. The Morgan fingerprint density at radius 3 is 2.76 bits per heavy atom. The maximum absolute atomic E-state index is 11.8. The number of carbonyl (C=O) groups is 2. The number of pyridine rings is 1. The highest BCUT2D eigenvalue weighted by molar-refractivity contribution is 6.04. The highest BCUT2D eigenvalue weighted by Gasteiger charge is 2.12. The van der Waals surface area contributed by atoms with Crippen molar-refractivity contribution in [3.8, 4) is 6.07 Å². The van der Waals surface area contributed by atoms with E-state index in [4.69, 9.17) is 10.4 Å². The van der Waals surface area contributed by atoms with Crippen LogP contribution < -0.4 is 10.6 Å². The molecule has 2 aromatic rings. The molecule has 1 heterocycles. The molecule has 2 amide bonds. The summed E-state index contributed by atoms with van der Waals surface area (Å²) in [5.74, 6) is -1.17. The van der Waals surface area contributed by atoms with Crippen LogP contribution in [0.4, 0.5) is 16.2 Å². The average molecular weight is 282 g/mol. The van der Waals surface area contributed by atoms with Crippen LogP contribution in [-0.2, 0) is 0 Å². The third kappa shape index (κ3) is 3.54. The lowest BCUT2D eigenvalue weighted by atomic mass is 10.2. The topological polar surface area (TPSA) is 115 Å². The zero-order valence-corrected chi connectivity index (χ0v) is 10.7. The predicted octanol–water partition coefficient (Wildman–Crippen LogP) is 2.30. The molecule has 0 saturated heterocycles. The molecule has 0 atom stereocenters. The summed E-state index contributed by atoms with van der Waals surface area (Å²) in [5, 5.41) is 22.7. The minimum Gasteiger partial charge on any atom is -0.478 e. The highest BCUT2D eigenvalue weighted by atomic mass is 16.4. The second-order valence-electron chi connectivity index (χ2n) is 4.00. The third-order valence-electron chi connectivity index (χ3n) is 2.55. The Bertz CT molecular complexity index is 737. The second-order valence-corrected chi connectivity index (χ2v) is 4.00. The van der Waals surface area contributed by atoms with Crippen molar-refractivity contribution in [2.75, 3.05) is 10.6 Å². The van der Waals surface area contributed by atoms with Gasteiger partial charge in [0.1, 0.15) is 0 Å². The number of hydrogen-bond donors (Lipinski definition) is 3. The summed E-state index contributed by atoms with van der Waals surface area (Å²) in [7, 11) is 0. The first kappa shape index (κ1) is 14.0. The van der Waals surface area contributed by atoms with Gasteiger partial charge in [-0.05, 0) is 24.3 Å². The standard InChI is InChI=1S/C14H10N4O3/c15-7-9-2-1-3-10(6-9)17-14(21)18-12-8-16-5-4-11(12)13(19)20/h1-6,8H,(H,19,20)(H2,17,18,21). The monoisotopic (exact) mass is 282 g/mol. The quantitative estimate of drug-likeness (QED) is 0.798. The number of nitrogens with one attached hydrogen (secondary N) is 2. The summed E-state index contributed by atoms with van der Waals surface area (Å²) in [6.07, 6.45) is 2.57. The van der Waals surface area contributed by atoms with Gasteiger partial charge < -0.3 is 15.7 Å². The van der Waals surface area contributed by atoms with Crippen molar-refractivity contribution in [2.24, 2.45) is 0 Å². The van der Waals surface area contributed by atoms with E-state index in [1.807, 2.05) is 6.07 Å². The van der Waals surface area contributed by atoms with E-state index in [1.165, 1.54) is 24.5 Å². The fourth-order valence-electron chi connectivity index (χ4n) is 1.63. The summed E-state index contributed by atoms with van der Waals surface area (Å²) in [6, 6.07) is 8.96. The zero-order valence-electron chi connectivity index (χ0n) is 10.7. The molecule has 0 spiro atoms. The van der Waals surface area contributed by atoms with E-state index in [0.29, 0.717) is 11.3 Å². The van der Waals surface area contributed by atoms with E-state index in [1.54, 1.807) is 18.2 Å². The molecule has 0 aliphatic heterocycles. The zero-order chi connectivity index (χ0) is 15.2. The number of carboxylic acid groups (broad SMARTS) is 1. The molecule has 0 radical (unpaired) electrons. The molecule has 0 aliphatic carbocycles. The number of nitriles is 1. The number of aromatic nitrogens is 1. The minimum absolute atomic E-state index is 0.0640. The maximum atomic E-state index is 11.8. The summed E-state index contributed by atoms with van der Waals surface area (Å²) in [4.78, 5) is 26.6. The Labute approximate surface area is 119 Å². The van der Waals surface area contributed by atoms with E-state index in [2.05, 4.69) is 15.6 Å². The third-order valence-corrected chi connectivity index (χ3v) is 2.55. The molecular weight excluding hydrogens is 272 g/mol. The number of amides is 2. The number of anilines is 2. The van der Waals surface area contributed by atoms with Gasteiger partial charge in [-0.3, -0.25) is 4.98 Å². The van der Waals surface area contributed by atoms with E-state index >= 15 is 0 Å². The number of aromatic carboxylic acids is 1. The van der Waals surface area contributed by atoms with Gasteiger partial charge in [-0.1, -0.05) is 6.07 Å². The molecule has 0 bridgehead atoms. The van der Waals surface area contributed by atoms with Crippen molar-refractivity contribution >= 4 is 23.4 Å². The molecule has 0 saturated carbocycles. The van der Waals surface area contributed by atoms with Crippen LogP contribution in [0.1, 0.15) is 15.9 Å². The minimum atomic E-state index is -1.17. The number of carboxylic acids is 1. The molecule has 3 N–H and O–H groups in total. The van der Waals surface area contributed by atoms with E-state index in [9.17, 15) is 9.59 Å². The van der Waals surface area contributed by atoms with Gasteiger partial charge in [-0.25, -0.2) is 9.59 Å². The molecule has 0 unspecified atom stereocenters. The molecule has 7 heteroatoms. The summed E-state index contributed by atoms with van der Waals surface area (Å²) < 4.78 is 0. The van der Waals surface area contributed by atoms with Crippen molar-refractivity contribution in [3.63, 3.8) is 0 Å². The van der Waals surface area contributed by atoms with Gasteiger partial charge in [0.2, 0.25) is 0 Å². The molecule has 1 aromatic carbocycles. The number of hydrogen-bond acceptors (Lipinski definition) is 4. The highest BCUT2D eigenvalue weighted by Crippen LogP contribution is 2.15. The van der Waals surface area contributed by atoms with Crippen LogP contribution in [-0.4, -0.2) is 22.1 Å². The molecule has 1 aromatic heterocycles. The van der Waals surface area contributed by atoms with Gasteiger partial charge in [-0.15, -0.1) is 0 Å². The summed E-state index contributed by atoms with van der Waals surface area (Å²) >= 11 is 0. The average Bonchev–Trinajstić information content (AvgIpc) is 2.47. The van der Waals surface area contributed by atoms with Crippen molar-refractivity contribution in [1.82, 2.24) is 4.98 Å². The smallest absolute Gasteiger partial charge is 0.337 e. The van der Waals surface area contributed by atoms with Gasteiger partial charge in [0.25, 0.3) is 0 Å². The van der Waals surface area contributed by atoms with E-state index < -0.39 is 12.0 Å². The molecule has 2 rings (SSSR count). The molecular formula is C14H10N4O3. The molecule has 0 fully saturated rings. The Kier molecular flexibility index (Phi) is 4.11. The van der Waals surface area contributed by atoms with Crippen molar-refractivity contribution < 1.29 is 14.7 Å². The Hall–Kier alpha value is -3.40. The van der Waals surface area contributed by atoms with Crippen LogP contribution in [0.2, 0.25) is 0 Å². The first-order valence-electron chi connectivity index (χ1n) is 5.85. The molecule has 21 heavy (non-hydrogen) atoms. The Balaban J connectivity index is 2.12. The number of benzene rings is 1. The first-order chi connectivity index (χ1) is 10.1. The lowest BCUT2D eigenvalue weighted by Crippen LogP contribution is -2.21. The normalized spacial score (nSPS) is 9.48. The summed E-state index contributed by atoms with van der Waals surface area (Å²) in [6.45, 7) is 0. The largest absolute Gasteiger partial charge is 0.478 e. The lowest BCUT2D eigenvalue weighted by Gasteiger charge is -2.09. The first-order valence-corrected chi connectivity index (χ1v) is 5.85. The summed E-state index contributed by atoms with van der Waals surface area (Å²) in [5.41, 5.74) is 0.845. The van der Waals surface area contributed by atoms with Gasteiger partial charge in [-0.2, -0.15) is 5.26 Å². The lowest BCUT2D eigenvalue weighted by molar-refractivity contribution is 0.0698. The van der Waals surface area contributed by atoms with Crippen LogP contribution in [0, 0.1) is 11.3 Å². The number of urea groups is 1. The molecule has 7 nitrogen and oxygen atoms in total. The van der Waals surface area contributed by atoms with Gasteiger partial charge in [0.05, 0.1) is 29.1 Å². The fourth-order valence-corrected chi connectivity index (χ4v) is 1.63.